The Hall–Kier alpha value is -3.22. The minimum absolute atomic E-state index is 0.113. The van der Waals surface area contributed by atoms with Gasteiger partial charge in [-0.3, -0.25) is 14.9 Å². The molecule has 0 aliphatic carbocycles. The maximum absolute atomic E-state index is 11.9. The van der Waals surface area contributed by atoms with Gasteiger partial charge in [0.15, 0.2) is 12.4 Å². The van der Waals surface area contributed by atoms with E-state index in [9.17, 15) is 19.7 Å². The second kappa shape index (κ2) is 7.87. The van der Waals surface area contributed by atoms with Crippen LogP contribution in [0.25, 0.3) is 0 Å². The lowest BCUT2D eigenvalue weighted by molar-refractivity contribution is -0.384. The topological polar surface area (TPSA) is 95.7 Å². The van der Waals surface area contributed by atoms with E-state index in [0.717, 1.165) is 0 Å². The number of non-ortho nitro benzene ring substituents is 1. The van der Waals surface area contributed by atoms with Crippen LogP contribution in [-0.4, -0.2) is 29.9 Å². The molecule has 124 valence electrons. The van der Waals surface area contributed by atoms with Gasteiger partial charge in [-0.2, -0.15) is 0 Å². The fourth-order valence-corrected chi connectivity index (χ4v) is 1.92. The van der Waals surface area contributed by atoms with Crippen molar-refractivity contribution in [2.75, 3.05) is 13.2 Å². The molecule has 2 aromatic carbocycles. The Bertz CT molecular complexity index is 737. The number of ketones is 1. The Morgan fingerprint density at radius 2 is 1.58 bits per heavy atom. The van der Waals surface area contributed by atoms with Gasteiger partial charge in [0.05, 0.1) is 17.1 Å². The zero-order valence-corrected chi connectivity index (χ0v) is 12.9. The Morgan fingerprint density at radius 1 is 1.00 bits per heavy atom. The molecule has 0 saturated heterocycles. The Kier molecular flexibility index (Phi) is 5.62. The van der Waals surface area contributed by atoms with Gasteiger partial charge < -0.3 is 9.47 Å². The summed E-state index contributed by atoms with van der Waals surface area (Å²) in [6, 6.07) is 11.5. The zero-order chi connectivity index (χ0) is 17.5. The molecule has 0 radical (unpaired) electrons. The van der Waals surface area contributed by atoms with Crippen molar-refractivity contribution < 1.29 is 24.0 Å². The van der Waals surface area contributed by atoms with Crippen molar-refractivity contribution in [2.45, 2.75) is 6.92 Å². The molecule has 2 rings (SSSR count). The first kappa shape index (κ1) is 17.1. The van der Waals surface area contributed by atoms with Crippen molar-refractivity contribution in [1.82, 2.24) is 0 Å². The van der Waals surface area contributed by atoms with Crippen molar-refractivity contribution in [3.8, 4) is 5.75 Å². The summed E-state index contributed by atoms with van der Waals surface area (Å²) in [6.45, 7) is 1.93. The van der Waals surface area contributed by atoms with Gasteiger partial charge >= 0.3 is 5.97 Å². The van der Waals surface area contributed by atoms with Crippen LogP contribution in [0.3, 0.4) is 0 Å². The summed E-state index contributed by atoms with van der Waals surface area (Å²) in [6.07, 6.45) is 0. The quantitative estimate of drug-likeness (QED) is 0.335. The average Bonchev–Trinajstić information content (AvgIpc) is 2.60. The highest BCUT2D eigenvalue weighted by Crippen LogP contribution is 2.14. The van der Waals surface area contributed by atoms with E-state index in [4.69, 9.17) is 9.47 Å². The lowest BCUT2D eigenvalue weighted by Gasteiger charge is -2.06. The first-order chi connectivity index (χ1) is 11.5. The molecule has 0 aliphatic heterocycles. The van der Waals surface area contributed by atoms with E-state index >= 15 is 0 Å². The SMILES string of the molecule is CCOc1ccc(C(=O)OCC(=O)c2ccc([N+](=O)[O-])cc2)cc1. The van der Waals surface area contributed by atoms with E-state index in [1.165, 1.54) is 24.3 Å². The second-order valence-corrected chi connectivity index (χ2v) is 4.76. The fraction of sp³-hybridized carbons (Fsp3) is 0.176. The third kappa shape index (κ3) is 4.39. The number of Topliss-reactive ketones (excluding diaryl/α,β-unsaturated/α-hetero) is 1. The Balaban J connectivity index is 1.92. The molecule has 24 heavy (non-hydrogen) atoms. The largest absolute Gasteiger partial charge is 0.494 e. The smallest absolute Gasteiger partial charge is 0.338 e. The molecule has 0 spiro atoms. The monoisotopic (exact) mass is 329 g/mol. The van der Waals surface area contributed by atoms with Crippen LogP contribution in [-0.2, 0) is 4.74 Å². The van der Waals surface area contributed by atoms with Crippen molar-refractivity contribution in [1.29, 1.82) is 0 Å². The number of carbonyl (C=O) groups is 2. The van der Waals surface area contributed by atoms with Gasteiger partial charge in [0.1, 0.15) is 5.75 Å². The molecule has 0 atom stereocenters. The standard InChI is InChI=1S/C17H15NO6/c1-2-23-15-9-5-13(6-10-15)17(20)24-11-16(19)12-3-7-14(8-4-12)18(21)22/h3-10H,2,11H2,1H3. The molecule has 0 aliphatic rings. The first-order valence-electron chi connectivity index (χ1n) is 7.19. The number of carbonyl (C=O) groups excluding carboxylic acids is 2. The van der Waals surface area contributed by atoms with Crippen LogP contribution in [0, 0.1) is 10.1 Å². The number of nitrogens with zero attached hydrogens (tertiary/aromatic N) is 1. The summed E-state index contributed by atoms with van der Waals surface area (Å²) in [7, 11) is 0. The predicted molar refractivity (Wildman–Crippen MR) is 85.3 cm³/mol. The van der Waals surface area contributed by atoms with Crippen molar-refractivity contribution in [2.24, 2.45) is 0 Å². The molecule has 0 aromatic heterocycles. The van der Waals surface area contributed by atoms with Gasteiger partial charge in [-0.05, 0) is 43.3 Å². The number of hydrogen-bond acceptors (Lipinski definition) is 6. The number of esters is 1. The van der Waals surface area contributed by atoms with Crippen LogP contribution >= 0.6 is 0 Å². The molecule has 2 aromatic rings. The highest BCUT2D eigenvalue weighted by atomic mass is 16.6. The maximum Gasteiger partial charge on any atom is 0.338 e. The second-order valence-electron chi connectivity index (χ2n) is 4.76. The minimum atomic E-state index is -0.631. The van der Waals surface area contributed by atoms with Gasteiger partial charge in [0, 0.05) is 17.7 Å². The third-order valence-corrected chi connectivity index (χ3v) is 3.14. The van der Waals surface area contributed by atoms with Crippen LogP contribution in [0.15, 0.2) is 48.5 Å². The Morgan fingerprint density at radius 3 is 2.12 bits per heavy atom. The summed E-state index contributed by atoms with van der Waals surface area (Å²) in [5, 5.41) is 10.6. The van der Waals surface area contributed by atoms with Crippen LogP contribution < -0.4 is 4.74 Å². The molecule has 0 saturated carbocycles. The van der Waals surface area contributed by atoms with E-state index < -0.39 is 23.3 Å². The summed E-state index contributed by atoms with van der Waals surface area (Å²) < 4.78 is 10.2. The number of hydrogen-bond donors (Lipinski definition) is 0. The van der Waals surface area contributed by atoms with E-state index in [-0.39, 0.29) is 11.3 Å². The molecule has 7 nitrogen and oxygen atoms in total. The number of benzene rings is 2. The highest BCUT2D eigenvalue weighted by molar-refractivity contribution is 5.99. The summed E-state index contributed by atoms with van der Waals surface area (Å²) >= 11 is 0. The normalized spacial score (nSPS) is 10.0. The highest BCUT2D eigenvalue weighted by Gasteiger charge is 2.13. The lowest BCUT2D eigenvalue weighted by atomic mass is 10.1. The van der Waals surface area contributed by atoms with Crippen LogP contribution in [0.2, 0.25) is 0 Å². The molecule has 7 heteroatoms. The summed E-state index contributed by atoms with van der Waals surface area (Å²) in [4.78, 5) is 33.8. The molecule has 0 heterocycles. The number of rotatable bonds is 7. The first-order valence-corrected chi connectivity index (χ1v) is 7.19. The van der Waals surface area contributed by atoms with Gasteiger partial charge in [0.2, 0.25) is 0 Å². The Labute approximate surface area is 138 Å². The van der Waals surface area contributed by atoms with E-state index in [1.807, 2.05) is 6.92 Å². The summed E-state index contributed by atoms with van der Waals surface area (Å²) in [5.41, 5.74) is 0.424. The molecule has 0 N–H and O–H groups in total. The van der Waals surface area contributed by atoms with Gasteiger partial charge in [-0.1, -0.05) is 0 Å². The predicted octanol–water partition coefficient (Wildman–Crippen LogP) is 3.03. The van der Waals surface area contributed by atoms with Crippen LogP contribution in [0.1, 0.15) is 27.6 Å². The van der Waals surface area contributed by atoms with Gasteiger partial charge in [-0.15, -0.1) is 0 Å². The van der Waals surface area contributed by atoms with E-state index in [0.29, 0.717) is 17.9 Å². The van der Waals surface area contributed by atoms with Crippen molar-refractivity contribution in [3.05, 3.63) is 69.8 Å². The number of nitro groups is 1. The molecule has 0 bridgehead atoms. The minimum Gasteiger partial charge on any atom is -0.494 e. The van der Waals surface area contributed by atoms with E-state index in [1.54, 1.807) is 24.3 Å². The molecular weight excluding hydrogens is 314 g/mol. The van der Waals surface area contributed by atoms with Crippen molar-refractivity contribution >= 4 is 17.4 Å². The molecule has 0 fully saturated rings. The fourth-order valence-electron chi connectivity index (χ4n) is 1.92. The number of ether oxygens (including phenoxy) is 2. The third-order valence-electron chi connectivity index (χ3n) is 3.14. The average molecular weight is 329 g/mol. The van der Waals surface area contributed by atoms with E-state index in [2.05, 4.69) is 0 Å². The van der Waals surface area contributed by atoms with Crippen LogP contribution in [0.5, 0.6) is 5.75 Å². The van der Waals surface area contributed by atoms with Gasteiger partial charge in [-0.25, -0.2) is 4.79 Å². The molecule has 0 amide bonds. The molecular formula is C17H15NO6. The van der Waals surface area contributed by atoms with Crippen LogP contribution in [0.4, 0.5) is 5.69 Å². The maximum atomic E-state index is 11.9. The molecule has 0 unspecified atom stereocenters. The zero-order valence-electron chi connectivity index (χ0n) is 12.9. The van der Waals surface area contributed by atoms with Crippen molar-refractivity contribution in [3.63, 3.8) is 0 Å². The number of nitro benzene ring substituents is 1. The van der Waals surface area contributed by atoms with Gasteiger partial charge in [0.25, 0.3) is 5.69 Å². The summed E-state index contributed by atoms with van der Waals surface area (Å²) in [5.74, 6) is -0.437. The lowest BCUT2D eigenvalue weighted by Crippen LogP contribution is -2.14.